The SMILES string of the molecule is COc1ccc(-c2[nH]n(-c3nc4ccccc4s3)c(=O)c2C(C)=Nc2ccc(Cl)cc2C)cc1. The van der Waals surface area contributed by atoms with Gasteiger partial charge in [0.1, 0.15) is 5.75 Å². The molecule has 0 fully saturated rings. The van der Waals surface area contributed by atoms with Crippen LogP contribution in [0.2, 0.25) is 5.02 Å². The van der Waals surface area contributed by atoms with Gasteiger partial charge in [-0.1, -0.05) is 35.1 Å². The fourth-order valence-corrected chi connectivity index (χ4v) is 4.96. The number of aryl methyl sites for hydroxylation is 1. The highest BCUT2D eigenvalue weighted by molar-refractivity contribution is 7.20. The molecule has 0 radical (unpaired) electrons. The van der Waals surface area contributed by atoms with Crippen LogP contribution in [0.4, 0.5) is 5.69 Å². The van der Waals surface area contributed by atoms with Gasteiger partial charge in [-0.05, 0) is 74.0 Å². The van der Waals surface area contributed by atoms with Gasteiger partial charge in [0.15, 0.2) is 0 Å². The maximum Gasteiger partial charge on any atom is 0.283 e. The van der Waals surface area contributed by atoms with Gasteiger partial charge in [0.05, 0.1) is 40.0 Å². The average molecular weight is 489 g/mol. The number of H-pyrrole nitrogens is 1. The van der Waals surface area contributed by atoms with Gasteiger partial charge in [-0.15, -0.1) is 0 Å². The van der Waals surface area contributed by atoms with E-state index >= 15 is 0 Å². The Bertz CT molecular complexity index is 1560. The summed E-state index contributed by atoms with van der Waals surface area (Å²) >= 11 is 7.56. The van der Waals surface area contributed by atoms with Crippen LogP contribution in [0.3, 0.4) is 0 Å². The predicted octanol–water partition coefficient (Wildman–Crippen LogP) is 6.55. The van der Waals surface area contributed by atoms with E-state index in [0.717, 1.165) is 32.8 Å². The first-order valence-electron chi connectivity index (χ1n) is 10.6. The molecule has 0 aliphatic heterocycles. The van der Waals surface area contributed by atoms with Gasteiger partial charge < -0.3 is 4.74 Å². The maximum atomic E-state index is 13.7. The van der Waals surface area contributed by atoms with Crippen molar-refractivity contribution in [3.63, 3.8) is 0 Å². The molecule has 6 nitrogen and oxygen atoms in total. The predicted molar refractivity (Wildman–Crippen MR) is 140 cm³/mol. The van der Waals surface area contributed by atoms with Gasteiger partial charge in [0, 0.05) is 10.6 Å². The second-order valence-corrected chi connectivity index (χ2v) is 9.27. The van der Waals surface area contributed by atoms with Crippen LogP contribution >= 0.6 is 22.9 Å². The van der Waals surface area contributed by atoms with Crippen LogP contribution in [0.1, 0.15) is 18.1 Å². The summed E-state index contributed by atoms with van der Waals surface area (Å²) in [6.07, 6.45) is 0. The minimum absolute atomic E-state index is 0.210. The third kappa shape index (κ3) is 4.04. The standard InChI is InChI=1S/C26H21ClN4O2S/c1-15-14-18(27)10-13-20(15)28-16(2)23-24(17-8-11-19(33-3)12-9-17)30-31(25(23)32)26-29-21-6-4-5-7-22(21)34-26/h4-14,30H,1-3H3. The summed E-state index contributed by atoms with van der Waals surface area (Å²) in [4.78, 5) is 23.2. The first-order valence-corrected chi connectivity index (χ1v) is 11.8. The molecule has 5 rings (SSSR count). The molecule has 0 saturated heterocycles. The number of aliphatic imine (C=N–C) groups is 1. The molecule has 5 aromatic rings. The molecule has 1 N–H and O–H groups in total. The van der Waals surface area contributed by atoms with E-state index in [0.29, 0.717) is 27.1 Å². The van der Waals surface area contributed by atoms with Crippen molar-refractivity contribution in [2.24, 2.45) is 4.99 Å². The first kappa shape index (κ1) is 22.1. The zero-order valence-electron chi connectivity index (χ0n) is 18.8. The number of aromatic amines is 1. The van der Waals surface area contributed by atoms with Gasteiger partial charge >= 0.3 is 0 Å². The Morgan fingerprint density at radius 2 is 1.88 bits per heavy atom. The topological polar surface area (TPSA) is 72.3 Å². The molecule has 0 aliphatic rings. The minimum Gasteiger partial charge on any atom is -0.497 e. The van der Waals surface area contributed by atoms with Crippen molar-refractivity contribution in [1.29, 1.82) is 0 Å². The molecular weight excluding hydrogens is 468 g/mol. The van der Waals surface area contributed by atoms with Crippen molar-refractivity contribution in [1.82, 2.24) is 14.8 Å². The number of rotatable bonds is 5. The van der Waals surface area contributed by atoms with Gasteiger partial charge in [0.2, 0.25) is 5.13 Å². The molecule has 170 valence electrons. The van der Waals surface area contributed by atoms with E-state index in [1.165, 1.54) is 16.0 Å². The number of hydrogen-bond acceptors (Lipinski definition) is 5. The largest absolute Gasteiger partial charge is 0.497 e. The lowest BCUT2D eigenvalue weighted by Crippen LogP contribution is -2.19. The third-order valence-electron chi connectivity index (χ3n) is 5.55. The summed E-state index contributed by atoms with van der Waals surface area (Å²) in [6.45, 7) is 3.78. The van der Waals surface area contributed by atoms with Crippen LogP contribution in [0.25, 0.3) is 26.6 Å². The summed E-state index contributed by atoms with van der Waals surface area (Å²) < 4.78 is 7.80. The van der Waals surface area contributed by atoms with Gasteiger partial charge in [0.25, 0.3) is 5.56 Å². The van der Waals surface area contributed by atoms with Gasteiger partial charge in [-0.3, -0.25) is 14.9 Å². The van der Waals surface area contributed by atoms with E-state index in [2.05, 4.69) is 10.1 Å². The van der Waals surface area contributed by atoms with E-state index in [9.17, 15) is 4.79 Å². The number of nitrogens with zero attached hydrogens (tertiary/aromatic N) is 3. The van der Waals surface area contributed by atoms with Crippen molar-refractivity contribution >= 4 is 44.6 Å². The highest BCUT2D eigenvalue weighted by Gasteiger charge is 2.21. The van der Waals surface area contributed by atoms with Crippen molar-refractivity contribution in [2.45, 2.75) is 13.8 Å². The molecule has 8 heteroatoms. The first-order chi connectivity index (χ1) is 16.4. The lowest BCUT2D eigenvalue weighted by molar-refractivity contribution is 0.415. The van der Waals surface area contributed by atoms with E-state index < -0.39 is 0 Å². The van der Waals surface area contributed by atoms with Crippen molar-refractivity contribution in [2.75, 3.05) is 7.11 Å². The Labute approximate surface area is 205 Å². The van der Waals surface area contributed by atoms with Crippen molar-refractivity contribution in [3.05, 3.63) is 93.2 Å². The zero-order chi connectivity index (χ0) is 23.8. The Hall–Kier alpha value is -3.68. The number of aromatic nitrogens is 3. The molecule has 0 atom stereocenters. The Morgan fingerprint density at radius 1 is 1.12 bits per heavy atom. The minimum atomic E-state index is -0.210. The van der Waals surface area contributed by atoms with Crippen LogP contribution in [-0.2, 0) is 0 Å². The van der Waals surface area contributed by atoms with E-state index in [1.807, 2.05) is 74.5 Å². The number of thiazole rings is 1. The fraction of sp³-hybridized carbons (Fsp3) is 0.115. The van der Waals surface area contributed by atoms with Crippen LogP contribution < -0.4 is 10.3 Å². The van der Waals surface area contributed by atoms with Crippen LogP contribution in [0.5, 0.6) is 5.75 Å². The van der Waals surface area contributed by atoms with Crippen molar-refractivity contribution < 1.29 is 4.74 Å². The normalized spacial score (nSPS) is 11.8. The second-order valence-electron chi connectivity index (χ2n) is 7.82. The summed E-state index contributed by atoms with van der Waals surface area (Å²) in [5.41, 5.74) is 4.91. The number of halogens is 1. The molecule has 0 amide bonds. The molecule has 3 aromatic carbocycles. The van der Waals surface area contributed by atoms with E-state index in [4.69, 9.17) is 21.3 Å². The Morgan fingerprint density at radius 3 is 2.59 bits per heavy atom. The number of methoxy groups -OCH3 is 1. The lowest BCUT2D eigenvalue weighted by Gasteiger charge is -2.06. The summed E-state index contributed by atoms with van der Waals surface area (Å²) in [5, 5.41) is 4.50. The van der Waals surface area contributed by atoms with E-state index in [1.54, 1.807) is 13.2 Å². The summed E-state index contributed by atoms with van der Waals surface area (Å²) in [5.74, 6) is 0.737. The quantitative estimate of drug-likeness (QED) is 0.285. The molecule has 0 unspecified atom stereocenters. The molecule has 0 spiro atoms. The lowest BCUT2D eigenvalue weighted by atomic mass is 10.0. The number of hydrogen-bond donors (Lipinski definition) is 1. The highest BCUT2D eigenvalue weighted by atomic mass is 35.5. The molecule has 0 bridgehead atoms. The fourth-order valence-electron chi connectivity index (χ4n) is 3.81. The van der Waals surface area contributed by atoms with Crippen LogP contribution in [-0.4, -0.2) is 27.6 Å². The third-order valence-corrected chi connectivity index (χ3v) is 6.81. The molecule has 0 aliphatic carbocycles. The number of para-hydroxylation sites is 1. The molecule has 0 saturated carbocycles. The highest BCUT2D eigenvalue weighted by Crippen LogP contribution is 2.29. The Kier molecular flexibility index (Phi) is 5.81. The molecular formula is C26H21ClN4O2S. The second kappa shape index (κ2) is 8.93. The van der Waals surface area contributed by atoms with Gasteiger partial charge in [-0.2, -0.15) is 4.68 Å². The monoisotopic (exact) mass is 488 g/mol. The molecule has 2 heterocycles. The van der Waals surface area contributed by atoms with Crippen molar-refractivity contribution in [3.8, 4) is 22.1 Å². The smallest absolute Gasteiger partial charge is 0.283 e. The molecule has 34 heavy (non-hydrogen) atoms. The van der Waals surface area contributed by atoms with Gasteiger partial charge in [-0.25, -0.2) is 4.98 Å². The summed E-state index contributed by atoms with van der Waals surface area (Å²) in [7, 11) is 1.62. The van der Waals surface area contributed by atoms with E-state index in [-0.39, 0.29) is 5.56 Å². The summed E-state index contributed by atoms with van der Waals surface area (Å²) in [6, 6.07) is 20.9. The van der Waals surface area contributed by atoms with Crippen LogP contribution in [0, 0.1) is 6.92 Å². The number of nitrogens with one attached hydrogen (secondary N) is 1. The number of benzene rings is 3. The molecule has 2 aromatic heterocycles. The Balaban J connectivity index is 1.71. The van der Waals surface area contributed by atoms with Crippen LogP contribution in [0.15, 0.2) is 76.5 Å². The maximum absolute atomic E-state index is 13.7. The average Bonchev–Trinajstić information content (AvgIpc) is 3.41. The number of fused-ring (bicyclic) bond motifs is 1. The zero-order valence-corrected chi connectivity index (χ0v) is 20.4. The number of ether oxygens (including phenoxy) is 1.